The molecule has 2 saturated heterocycles. The van der Waals surface area contributed by atoms with Crippen LogP contribution in [0.3, 0.4) is 0 Å². The number of nitrogens with zero attached hydrogens (tertiary/aromatic N) is 3. The molecule has 6 heteroatoms. The van der Waals surface area contributed by atoms with Crippen LogP contribution in [0.1, 0.15) is 25.3 Å². The van der Waals surface area contributed by atoms with E-state index in [-0.39, 0.29) is 23.9 Å². The predicted octanol–water partition coefficient (Wildman–Crippen LogP) is 3.33. The summed E-state index contributed by atoms with van der Waals surface area (Å²) in [5.41, 5.74) is 1.13. The summed E-state index contributed by atoms with van der Waals surface area (Å²) < 4.78 is 6.24. The number of aromatic nitrogens is 1. The van der Waals surface area contributed by atoms with E-state index in [1.807, 2.05) is 30.0 Å². The van der Waals surface area contributed by atoms with Gasteiger partial charge < -0.3 is 9.64 Å². The van der Waals surface area contributed by atoms with Gasteiger partial charge >= 0.3 is 0 Å². The van der Waals surface area contributed by atoms with E-state index >= 15 is 0 Å². The Kier molecular flexibility index (Phi) is 6.70. The number of hydrogen-bond acceptors (Lipinski definition) is 4. The molecular weight excluding hydrogens is 374 g/mol. The molecule has 0 aliphatic carbocycles. The first kappa shape index (κ1) is 20.8. The van der Waals surface area contributed by atoms with Crippen LogP contribution in [0.5, 0.6) is 0 Å². The number of piperidine rings is 1. The molecular formula is C22H28ClN3O2. The lowest BCUT2D eigenvalue weighted by Crippen LogP contribution is -2.61. The van der Waals surface area contributed by atoms with Gasteiger partial charge in [-0.05, 0) is 43.9 Å². The van der Waals surface area contributed by atoms with Crippen molar-refractivity contribution in [1.82, 2.24) is 9.88 Å². The van der Waals surface area contributed by atoms with Crippen molar-refractivity contribution in [2.75, 3.05) is 31.1 Å². The number of anilines is 1. The molecule has 28 heavy (non-hydrogen) atoms. The van der Waals surface area contributed by atoms with Gasteiger partial charge in [0.05, 0.1) is 12.1 Å². The number of likely N-dealkylation sites (tertiary alicyclic amines) is 1. The molecule has 2 aliphatic heterocycles. The third-order valence-electron chi connectivity index (χ3n) is 5.74. The number of morpholine rings is 1. The Labute approximate surface area is 173 Å². The SMILES string of the molecule is CC1OC2(CCN(CCc3ccccc3)CC2)CN(c2ccccn2)C1=O.Cl. The summed E-state index contributed by atoms with van der Waals surface area (Å²) in [6.45, 7) is 5.53. The summed E-state index contributed by atoms with van der Waals surface area (Å²) >= 11 is 0. The Morgan fingerprint density at radius 3 is 2.50 bits per heavy atom. The Morgan fingerprint density at radius 2 is 1.82 bits per heavy atom. The van der Waals surface area contributed by atoms with Crippen molar-refractivity contribution in [3.05, 3.63) is 60.3 Å². The Morgan fingerprint density at radius 1 is 1.11 bits per heavy atom. The van der Waals surface area contributed by atoms with Crippen LogP contribution in [0.2, 0.25) is 0 Å². The number of ether oxygens (including phenoxy) is 1. The molecule has 0 bridgehead atoms. The Balaban J connectivity index is 0.00000225. The molecule has 3 heterocycles. The molecule has 0 radical (unpaired) electrons. The molecule has 0 saturated carbocycles. The molecule has 1 amide bonds. The highest BCUT2D eigenvalue weighted by Crippen LogP contribution is 2.34. The first-order valence-electron chi connectivity index (χ1n) is 9.82. The summed E-state index contributed by atoms with van der Waals surface area (Å²) in [5.74, 6) is 0.731. The van der Waals surface area contributed by atoms with E-state index in [1.165, 1.54) is 5.56 Å². The second-order valence-corrected chi connectivity index (χ2v) is 7.63. The summed E-state index contributed by atoms with van der Waals surface area (Å²) in [5, 5.41) is 0. The fourth-order valence-electron chi connectivity index (χ4n) is 4.15. The lowest BCUT2D eigenvalue weighted by Gasteiger charge is -2.48. The maximum atomic E-state index is 12.6. The molecule has 1 aromatic carbocycles. The van der Waals surface area contributed by atoms with E-state index in [0.717, 1.165) is 44.7 Å². The van der Waals surface area contributed by atoms with Gasteiger partial charge in [0.15, 0.2) is 0 Å². The molecule has 1 unspecified atom stereocenters. The van der Waals surface area contributed by atoms with Gasteiger partial charge in [0.25, 0.3) is 5.91 Å². The van der Waals surface area contributed by atoms with Crippen LogP contribution in [-0.4, -0.2) is 53.7 Å². The number of halogens is 1. The third-order valence-corrected chi connectivity index (χ3v) is 5.74. The van der Waals surface area contributed by atoms with Gasteiger partial charge in [0.1, 0.15) is 11.9 Å². The second kappa shape index (κ2) is 9.03. The number of carbonyl (C=O) groups excluding carboxylic acids is 1. The number of amides is 1. The van der Waals surface area contributed by atoms with Crippen LogP contribution < -0.4 is 4.90 Å². The van der Waals surface area contributed by atoms with E-state index in [1.54, 1.807) is 6.20 Å². The number of pyridine rings is 1. The smallest absolute Gasteiger partial charge is 0.257 e. The lowest BCUT2D eigenvalue weighted by atomic mass is 9.88. The quantitative estimate of drug-likeness (QED) is 0.788. The molecule has 2 aliphatic rings. The van der Waals surface area contributed by atoms with Crippen LogP contribution in [0, 0.1) is 0 Å². The standard InChI is InChI=1S/C22H27N3O2.ClH/c1-18-21(26)25(20-9-5-6-13-23-20)17-22(27-18)11-15-24(16-12-22)14-10-19-7-3-2-4-8-19;/h2-9,13,18H,10-12,14-17H2,1H3;1H. The zero-order valence-corrected chi connectivity index (χ0v) is 17.1. The maximum absolute atomic E-state index is 12.6. The molecule has 150 valence electrons. The minimum Gasteiger partial charge on any atom is -0.360 e. The summed E-state index contributed by atoms with van der Waals surface area (Å²) in [7, 11) is 0. The van der Waals surface area contributed by atoms with Crippen molar-refractivity contribution < 1.29 is 9.53 Å². The predicted molar refractivity (Wildman–Crippen MR) is 113 cm³/mol. The van der Waals surface area contributed by atoms with Crippen molar-refractivity contribution in [2.45, 2.75) is 37.9 Å². The maximum Gasteiger partial charge on any atom is 0.257 e. The molecule has 2 fully saturated rings. The molecule has 0 N–H and O–H groups in total. The number of hydrogen-bond donors (Lipinski definition) is 0. The number of rotatable bonds is 4. The van der Waals surface area contributed by atoms with Crippen LogP contribution in [0.4, 0.5) is 5.82 Å². The van der Waals surface area contributed by atoms with Gasteiger partial charge in [-0.3, -0.25) is 9.69 Å². The normalized spacial score (nSPS) is 22.1. The number of benzene rings is 1. The summed E-state index contributed by atoms with van der Waals surface area (Å²) in [4.78, 5) is 21.3. The van der Waals surface area contributed by atoms with E-state index in [2.05, 4.69) is 40.2 Å². The average molecular weight is 402 g/mol. The molecule has 4 rings (SSSR count). The lowest BCUT2D eigenvalue weighted by molar-refractivity contribution is -0.161. The highest BCUT2D eigenvalue weighted by Gasteiger charge is 2.45. The summed E-state index contributed by atoms with van der Waals surface area (Å²) in [6, 6.07) is 16.3. The first-order chi connectivity index (χ1) is 13.2. The average Bonchev–Trinajstić information content (AvgIpc) is 2.72. The van der Waals surface area contributed by atoms with Crippen molar-refractivity contribution in [3.63, 3.8) is 0 Å². The van der Waals surface area contributed by atoms with Gasteiger partial charge in [-0.2, -0.15) is 0 Å². The van der Waals surface area contributed by atoms with Crippen LogP contribution in [0.15, 0.2) is 54.7 Å². The van der Waals surface area contributed by atoms with Gasteiger partial charge in [0.2, 0.25) is 0 Å². The largest absolute Gasteiger partial charge is 0.360 e. The fourth-order valence-corrected chi connectivity index (χ4v) is 4.15. The zero-order chi connectivity index (χ0) is 18.7. The molecule has 1 atom stereocenters. The Bertz CT molecular complexity index is 764. The van der Waals surface area contributed by atoms with Gasteiger partial charge in [-0.15, -0.1) is 12.4 Å². The van der Waals surface area contributed by atoms with Gasteiger partial charge in [-0.25, -0.2) is 4.98 Å². The van der Waals surface area contributed by atoms with Crippen molar-refractivity contribution in [1.29, 1.82) is 0 Å². The Hall–Kier alpha value is -1.95. The highest BCUT2D eigenvalue weighted by molar-refractivity contribution is 5.96. The van der Waals surface area contributed by atoms with Gasteiger partial charge in [-0.1, -0.05) is 36.4 Å². The molecule has 1 spiro atoms. The van der Waals surface area contributed by atoms with Gasteiger partial charge in [0, 0.05) is 25.8 Å². The number of carbonyl (C=O) groups is 1. The van der Waals surface area contributed by atoms with E-state index in [4.69, 9.17) is 4.74 Å². The van der Waals surface area contributed by atoms with E-state index in [0.29, 0.717) is 6.54 Å². The first-order valence-corrected chi connectivity index (χ1v) is 9.82. The van der Waals surface area contributed by atoms with Crippen molar-refractivity contribution in [2.24, 2.45) is 0 Å². The highest BCUT2D eigenvalue weighted by atomic mass is 35.5. The monoisotopic (exact) mass is 401 g/mol. The molecule has 1 aromatic heterocycles. The minimum absolute atomic E-state index is 0. The summed E-state index contributed by atoms with van der Waals surface area (Å²) in [6.07, 6.45) is 4.29. The van der Waals surface area contributed by atoms with Crippen molar-refractivity contribution >= 4 is 24.1 Å². The second-order valence-electron chi connectivity index (χ2n) is 7.63. The van der Waals surface area contributed by atoms with Crippen LogP contribution in [-0.2, 0) is 16.0 Å². The van der Waals surface area contributed by atoms with E-state index in [9.17, 15) is 4.79 Å². The molecule has 5 nitrogen and oxygen atoms in total. The van der Waals surface area contributed by atoms with Crippen LogP contribution in [0.25, 0.3) is 0 Å². The molecule has 2 aromatic rings. The third kappa shape index (κ3) is 4.54. The van der Waals surface area contributed by atoms with Crippen LogP contribution >= 0.6 is 12.4 Å². The topological polar surface area (TPSA) is 45.7 Å². The fraction of sp³-hybridized carbons (Fsp3) is 0.455. The zero-order valence-electron chi connectivity index (χ0n) is 16.3. The minimum atomic E-state index is -0.420. The van der Waals surface area contributed by atoms with Crippen molar-refractivity contribution in [3.8, 4) is 0 Å². The van der Waals surface area contributed by atoms with E-state index < -0.39 is 6.10 Å².